The molecule has 4 heteroatoms. The summed E-state index contributed by atoms with van der Waals surface area (Å²) in [4.78, 5) is 4.17. The quantitative estimate of drug-likeness (QED) is 0.613. The van der Waals surface area contributed by atoms with Gasteiger partial charge >= 0.3 is 0 Å². The molecule has 0 atom stereocenters. The van der Waals surface area contributed by atoms with E-state index in [1.165, 1.54) is 19.3 Å². The van der Waals surface area contributed by atoms with Crippen LogP contribution >= 0.6 is 11.8 Å². The predicted octanol–water partition coefficient (Wildman–Crippen LogP) is 2.82. The molecule has 80 valence electrons. The van der Waals surface area contributed by atoms with Crippen molar-refractivity contribution >= 4 is 17.4 Å². The average Bonchev–Trinajstić information content (AvgIpc) is 2.26. The molecule has 1 aromatic heterocycles. The first-order chi connectivity index (χ1) is 7.29. The lowest BCUT2D eigenvalue weighted by molar-refractivity contribution is 0.778. The first-order valence-corrected chi connectivity index (χ1v) is 6.05. The molecule has 0 spiro atoms. The summed E-state index contributed by atoms with van der Waals surface area (Å²) in [7, 11) is 0. The Morgan fingerprint density at radius 3 is 3.00 bits per heavy atom. The summed E-state index contributed by atoms with van der Waals surface area (Å²) in [5, 5.41) is 9.57. The van der Waals surface area contributed by atoms with Crippen LogP contribution in [0.5, 0.6) is 0 Å². The summed E-state index contributed by atoms with van der Waals surface area (Å²) in [5.74, 6) is 1.01. The molecule has 0 bridgehead atoms. The molecule has 0 aromatic carbocycles. The highest BCUT2D eigenvalue weighted by molar-refractivity contribution is 7.99. The number of nitrogens with two attached hydrogens (primary N) is 1. The Hall–Kier alpha value is -1.21. The zero-order valence-electron chi connectivity index (χ0n) is 8.86. The van der Waals surface area contributed by atoms with E-state index in [4.69, 9.17) is 11.0 Å². The highest BCUT2D eigenvalue weighted by Crippen LogP contribution is 2.25. The van der Waals surface area contributed by atoms with Gasteiger partial charge in [0.25, 0.3) is 0 Å². The summed E-state index contributed by atoms with van der Waals surface area (Å²) in [6.45, 7) is 2.17. The van der Waals surface area contributed by atoms with Gasteiger partial charge in [-0.25, -0.2) is 4.98 Å². The molecule has 0 unspecified atom stereocenters. The third kappa shape index (κ3) is 3.45. The van der Waals surface area contributed by atoms with Gasteiger partial charge < -0.3 is 5.73 Å². The molecule has 0 amide bonds. The number of hydrogen-bond acceptors (Lipinski definition) is 4. The van der Waals surface area contributed by atoms with E-state index in [0.717, 1.165) is 10.8 Å². The van der Waals surface area contributed by atoms with Crippen molar-refractivity contribution in [3.63, 3.8) is 0 Å². The molecule has 0 fully saturated rings. The van der Waals surface area contributed by atoms with Gasteiger partial charge in [0.05, 0.1) is 11.3 Å². The van der Waals surface area contributed by atoms with Crippen LogP contribution in [-0.2, 0) is 0 Å². The summed E-state index contributed by atoms with van der Waals surface area (Å²) >= 11 is 1.63. The molecule has 0 aliphatic rings. The number of thioether (sulfide) groups is 1. The van der Waals surface area contributed by atoms with Crippen molar-refractivity contribution in [3.8, 4) is 6.07 Å². The first-order valence-electron chi connectivity index (χ1n) is 5.07. The number of pyridine rings is 1. The fourth-order valence-corrected chi connectivity index (χ4v) is 2.13. The maximum absolute atomic E-state index is 8.79. The zero-order chi connectivity index (χ0) is 11.1. The Balaban J connectivity index is 2.58. The lowest BCUT2D eigenvalue weighted by Gasteiger charge is -2.04. The minimum absolute atomic E-state index is 0.515. The smallest absolute Gasteiger partial charge is 0.120 e. The second kappa shape index (κ2) is 6.31. The number of aromatic nitrogens is 1. The van der Waals surface area contributed by atoms with Gasteiger partial charge in [0.1, 0.15) is 11.1 Å². The number of hydrogen-bond donors (Lipinski definition) is 1. The van der Waals surface area contributed by atoms with E-state index in [-0.39, 0.29) is 0 Å². The molecule has 0 aliphatic carbocycles. The predicted molar refractivity (Wildman–Crippen MR) is 63.6 cm³/mol. The number of nitrogens with zero attached hydrogens (tertiary/aromatic N) is 2. The topological polar surface area (TPSA) is 62.7 Å². The van der Waals surface area contributed by atoms with Crippen LogP contribution in [0.1, 0.15) is 31.7 Å². The third-order valence-corrected chi connectivity index (χ3v) is 3.15. The molecule has 0 saturated heterocycles. The number of anilines is 1. The molecule has 0 radical (unpaired) electrons. The van der Waals surface area contributed by atoms with Crippen molar-refractivity contribution in [2.24, 2.45) is 0 Å². The van der Waals surface area contributed by atoms with Gasteiger partial charge in [0.15, 0.2) is 0 Å². The maximum atomic E-state index is 8.79. The van der Waals surface area contributed by atoms with E-state index in [2.05, 4.69) is 18.0 Å². The van der Waals surface area contributed by atoms with E-state index in [1.54, 1.807) is 24.0 Å². The van der Waals surface area contributed by atoms with Crippen LogP contribution in [0.4, 0.5) is 5.69 Å². The molecule has 1 heterocycles. The molecular formula is C11H15N3S. The number of nitrogen functional groups attached to an aromatic ring is 1. The fraction of sp³-hybridized carbons (Fsp3) is 0.455. The monoisotopic (exact) mass is 221 g/mol. The van der Waals surface area contributed by atoms with E-state index < -0.39 is 0 Å². The van der Waals surface area contributed by atoms with Gasteiger partial charge in [-0.3, -0.25) is 0 Å². The molecule has 0 saturated carbocycles. The van der Waals surface area contributed by atoms with Gasteiger partial charge in [0.2, 0.25) is 0 Å². The van der Waals surface area contributed by atoms with Crippen molar-refractivity contribution in [2.75, 3.05) is 11.5 Å². The van der Waals surface area contributed by atoms with Crippen molar-refractivity contribution in [3.05, 3.63) is 17.8 Å². The molecular weight excluding hydrogens is 206 g/mol. The summed E-state index contributed by atoms with van der Waals surface area (Å²) < 4.78 is 0. The average molecular weight is 221 g/mol. The summed E-state index contributed by atoms with van der Waals surface area (Å²) in [6, 6.07) is 3.70. The number of unbranched alkanes of at least 4 members (excludes halogenated alkanes) is 2. The number of nitriles is 1. The van der Waals surface area contributed by atoms with Crippen LogP contribution in [0.15, 0.2) is 17.3 Å². The minimum atomic E-state index is 0.515. The van der Waals surface area contributed by atoms with Gasteiger partial charge in [0, 0.05) is 6.20 Å². The zero-order valence-corrected chi connectivity index (χ0v) is 9.68. The molecule has 3 nitrogen and oxygen atoms in total. The van der Waals surface area contributed by atoms with Gasteiger partial charge in [-0.15, -0.1) is 11.8 Å². The Morgan fingerprint density at radius 2 is 2.33 bits per heavy atom. The van der Waals surface area contributed by atoms with E-state index in [0.29, 0.717) is 11.3 Å². The lowest BCUT2D eigenvalue weighted by Crippen LogP contribution is -1.96. The number of rotatable bonds is 5. The van der Waals surface area contributed by atoms with E-state index in [1.807, 2.05) is 0 Å². The van der Waals surface area contributed by atoms with Crippen molar-refractivity contribution in [1.82, 2.24) is 4.98 Å². The Bertz CT molecular complexity index is 357. The molecule has 0 aliphatic heterocycles. The van der Waals surface area contributed by atoms with E-state index >= 15 is 0 Å². The largest absolute Gasteiger partial charge is 0.395 e. The van der Waals surface area contributed by atoms with Crippen molar-refractivity contribution in [2.45, 2.75) is 31.2 Å². The van der Waals surface area contributed by atoms with Crippen LogP contribution in [0.3, 0.4) is 0 Å². The molecule has 15 heavy (non-hydrogen) atoms. The van der Waals surface area contributed by atoms with Crippen LogP contribution in [-0.4, -0.2) is 10.7 Å². The fourth-order valence-electron chi connectivity index (χ4n) is 1.19. The molecule has 1 aromatic rings. The summed E-state index contributed by atoms with van der Waals surface area (Å²) in [5.41, 5.74) is 6.83. The summed E-state index contributed by atoms with van der Waals surface area (Å²) in [6.07, 6.45) is 5.24. The molecule has 1 rings (SSSR count). The van der Waals surface area contributed by atoms with Crippen molar-refractivity contribution in [1.29, 1.82) is 5.26 Å². The van der Waals surface area contributed by atoms with Crippen LogP contribution < -0.4 is 5.73 Å². The SMILES string of the molecule is CCCCCSc1nccc(C#N)c1N. The molecule has 2 N–H and O–H groups in total. The Morgan fingerprint density at radius 1 is 1.53 bits per heavy atom. The van der Waals surface area contributed by atoms with Crippen LogP contribution in [0, 0.1) is 11.3 Å². The van der Waals surface area contributed by atoms with Gasteiger partial charge in [-0.2, -0.15) is 5.26 Å². The first kappa shape index (κ1) is 11.9. The van der Waals surface area contributed by atoms with Crippen LogP contribution in [0.25, 0.3) is 0 Å². The lowest BCUT2D eigenvalue weighted by atomic mass is 10.2. The Labute approximate surface area is 94.7 Å². The van der Waals surface area contributed by atoms with E-state index in [9.17, 15) is 0 Å². The standard InChI is InChI=1S/C11H15N3S/c1-2-3-4-7-15-11-10(13)9(8-12)5-6-14-11/h5-6H,2-4,7,13H2,1H3. The van der Waals surface area contributed by atoms with Gasteiger partial charge in [-0.05, 0) is 18.2 Å². The highest BCUT2D eigenvalue weighted by atomic mass is 32.2. The normalized spacial score (nSPS) is 9.87. The third-order valence-electron chi connectivity index (χ3n) is 2.06. The highest BCUT2D eigenvalue weighted by Gasteiger charge is 2.05. The second-order valence-electron chi connectivity index (χ2n) is 3.24. The minimum Gasteiger partial charge on any atom is -0.395 e. The Kier molecular flexibility index (Phi) is 4.99. The van der Waals surface area contributed by atoms with Gasteiger partial charge in [-0.1, -0.05) is 19.8 Å². The van der Waals surface area contributed by atoms with Crippen LogP contribution in [0.2, 0.25) is 0 Å². The maximum Gasteiger partial charge on any atom is 0.120 e. The second-order valence-corrected chi connectivity index (χ2v) is 4.33. The van der Waals surface area contributed by atoms with Crippen molar-refractivity contribution < 1.29 is 0 Å².